The summed E-state index contributed by atoms with van der Waals surface area (Å²) in [5.74, 6) is -0.0994. The van der Waals surface area contributed by atoms with Gasteiger partial charge in [-0.3, -0.25) is 9.69 Å². The summed E-state index contributed by atoms with van der Waals surface area (Å²) in [5, 5.41) is 21.7. The molecule has 3 N–H and O–H groups in total. The summed E-state index contributed by atoms with van der Waals surface area (Å²) in [4.78, 5) is 13.6. The van der Waals surface area contributed by atoms with Crippen LogP contribution in [-0.2, 0) is 4.79 Å². The smallest absolute Gasteiger partial charge is 0.234 e. The summed E-state index contributed by atoms with van der Waals surface area (Å²) in [6, 6.07) is 9.69. The maximum absolute atomic E-state index is 11.9. The van der Waals surface area contributed by atoms with Gasteiger partial charge in [-0.25, -0.2) is 0 Å². The quantitative estimate of drug-likeness (QED) is 0.710. The van der Waals surface area contributed by atoms with Crippen LogP contribution >= 0.6 is 0 Å². The lowest BCUT2D eigenvalue weighted by molar-refractivity contribution is -0.122. The average molecular weight is 264 g/mol. The average Bonchev–Trinajstić information content (AvgIpc) is 2.69. The van der Waals surface area contributed by atoms with Crippen LogP contribution in [0, 0.1) is 0 Å². The molecule has 0 saturated carbocycles. The van der Waals surface area contributed by atoms with Gasteiger partial charge in [-0.15, -0.1) is 0 Å². The first-order valence-electron chi connectivity index (χ1n) is 6.49. The van der Waals surface area contributed by atoms with Gasteiger partial charge in [0, 0.05) is 13.1 Å². The topological polar surface area (TPSA) is 72.8 Å². The van der Waals surface area contributed by atoms with Crippen LogP contribution in [0.15, 0.2) is 30.3 Å². The van der Waals surface area contributed by atoms with Crippen molar-refractivity contribution in [1.29, 1.82) is 0 Å². The zero-order valence-electron chi connectivity index (χ0n) is 11.0. The number of β-amino-alcohol motifs (C(OH)–C–C–N with tert-alkyl or cyclic N) is 2. The second kappa shape index (κ2) is 6.14. The van der Waals surface area contributed by atoms with Crippen LogP contribution in [-0.4, -0.2) is 52.9 Å². The third-order valence-electron chi connectivity index (χ3n) is 3.38. The third-order valence-corrected chi connectivity index (χ3v) is 3.38. The van der Waals surface area contributed by atoms with Gasteiger partial charge < -0.3 is 15.5 Å². The molecule has 1 saturated heterocycles. The van der Waals surface area contributed by atoms with Gasteiger partial charge in [0.1, 0.15) is 0 Å². The number of rotatable bonds is 4. The van der Waals surface area contributed by atoms with E-state index in [-0.39, 0.29) is 18.5 Å². The number of carbonyl (C=O) groups excluding carboxylic acids is 1. The number of aliphatic hydroxyl groups excluding tert-OH is 2. The number of amides is 1. The number of carbonyl (C=O) groups is 1. The Morgan fingerprint density at radius 2 is 1.89 bits per heavy atom. The Labute approximate surface area is 112 Å². The molecule has 1 amide bonds. The molecule has 0 aromatic heterocycles. The maximum atomic E-state index is 11.9. The largest absolute Gasteiger partial charge is 0.389 e. The molecule has 1 aromatic carbocycles. The van der Waals surface area contributed by atoms with Gasteiger partial charge >= 0.3 is 0 Å². The van der Waals surface area contributed by atoms with E-state index in [0.29, 0.717) is 13.1 Å². The van der Waals surface area contributed by atoms with E-state index in [1.54, 1.807) is 4.90 Å². The van der Waals surface area contributed by atoms with Crippen LogP contribution in [0.5, 0.6) is 0 Å². The van der Waals surface area contributed by atoms with E-state index in [1.165, 1.54) is 0 Å². The van der Waals surface area contributed by atoms with Crippen molar-refractivity contribution >= 4 is 5.91 Å². The fraction of sp³-hybridized carbons (Fsp3) is 0.500. The molecule has 1 heterocycles. The molecule has 104 valence electrons. The molecular formula is C14H20N2O3. The highest BCUT2D eigenvalue weighted by Gasteiger charge is 2.30. The molecule has 5 nitrogen and oxygen atoms in total. The van der Waals surface area contributed by atoms with E-state index in [1.807, 2.05) is 37.3 Å². The molecule has 0 radical (unpaired) electrons. The Morgan fingerprint density at radius 3 is 2.47 bits per heavy atom. The molecule has 1 fully saturated rings. The molecule has 0 spiro atoms. The zero-order chi connectivity index (χ0) is 13.8. The molecule has 1 aliphatic heterocycles. The lowest BCUT2D eigenvalue weighted by Gasteiger charge is -2.18. The number of aliphatic hydroxyl groups is 2. The van der Waals surface area contributed by atoms with Crippen LogP contribution in [0.4, 0.5) is 0 Å². The third kappa shape index (κ3) is 3.76. The second-order valence-electron chi connectivity index (χ2n) is 5.03. The monoisotopic (exact) mass is 264 g/mol. The first-order valence-corrected chi connectivity index (χ1v) is 6.49. The van der Waals surface area contributed by atoms with Gasteiger partial charge in [-0.1, -0.05) is 30.3 Å². The number of nitrogens with zero attached hydrogens (tertiary/aromatic N) is 1. The number of nitrogens with one attached hydrogen (secondary N) is 1. The van der Waals surface area contributed by atoms with Crippen LogP contribution in [0.3, 0.4) is 0 Å². The van der Waals surface area contributed by atoms with Crippen molar-refractivity contribution in [2.45, 2.75) is 25.2 Å². The van der Waals surface area contributed by atoms with Crippen LogP contribution < -0.4 is 5.32 Å². The fourth-order valence-electron chi connectivity index (χ4n) is 2.29. The summed E-state index contributed by atoms with van der Waals surface area (Å²) in [6.07, 6.45) is -1.50. The molecule has 1 aromatic rings. The Bertz CT molecular complexity index is 414. The fourth-order valence-corrected chi connectivity index (χ4v) is 2.29. The Hall–Kier alpha value is -1.43. The van der Waals surface area contributed by atoms with Crippen LogP contribution in [0.2, 0.25) is 0 Å². The van der Waals surface area contributed by atoms with Gasteiger partial charge in [0.2, 0.25) is 5.91 Å². The summed E-state index contributed by atoms with van der Waals surface area (Å²) >= 11 is 0. The predicted molar refractivity (Wildman–Crippen MR) is 71.5 cm³/mol. The molecule has 3 atom stereocenters. The standard InChI is InChI=1S/C14H20N2O3/c1-10(11-5-3-2-4-6-11)15-14(19)9-16-7-12(17)13(18)8-16/h2-6,10,12-13,17-18H,7-9H2,1H3,(H,15,19). The van der Waals surface area contributed by atoms with Crippen molar-refractivity contribution in [1.82, 2.24) is 10.2 Å². The van der Waals surface area contributed by atoms with Crippen LogP contribution in [0.1, 0.15) is 18.5 Å². The number of benzene rings is 1. The minimum atomic E-state index is -0.751. The number of likely N-dealkylation sites (tertiary alicyclic amines) is 1. The van der Waals surface area contributed by atoms with E-state index >= 15 is 0 Å². The molecular weight excluding hydrogens is 244 g/mol. The van der Waals surface area contributed by atoms with E-state index < -0.39 is 12.2 Å². The Kier molecular flexibility index (Phi) is 4.52. The summed E-state index contributed by atoms with van der Waals surface area (Å²) in [6.45, 7) is 2.81. The van der Waals surface area contributed by atoms with Crippen LogP contribution in [0.25, 0.3) is 0 Å². The summed E-state index contributed by atoms with van der Waals surface area (Å²) in [7, 11) is 0. The van der Waals surface area contributed by atoms with E-state index in [4.69, 9.17) is 0 Å². The molecule has 2 rings (SSSR count). The highest BCUT2D eigenvalue weighted by Crippen LogP contribution is 2.12. The first kappa shape index (κ1) is 14.0. The van der Waals surface area contributed by atoms with Crippen molar-refractivity contribution in [3.8, 4) is 0 Å². The SMILES string of the molecule is CC(NC(=O)CN1CC(O)C(O)C1)c1ccccc1. The molecule has 1 aliphatic rings. The van der Waals surface area contributed by atoms with Crippen molar-refractivity contribution in [2.24, 2.45) is 0 Å². The van der Waals surface area contributed by atoms with Crippen molar-refractivity contribution in [3.63, 3.8) is 0 Å². The highest BCUT2D eigenvalue weighted by molar-refractivity contribution is 5.78. The summed E-state index contributed by atoms with van der Waals surface area (Å²) in [5.41, 5.74) is 1.05. The Balaban J connectivity index is 1.82. The normalized spacial score (nSPS) is 25.2. The number of hydrogen-bond acceptors (Lipinski definition) is 4. The van der Waals surface area contributed by atoms with Gasteiger partial charge in [0.25, 0.3) is 0 Å². The minimum absolute atomic E-state index is 0.0499. The molecule has 5 heteroatoms. The lowest BCUT2D eigenvalue weighted by atomic mass is 10.1. The van der Waals surface area contributed by atoms with Crippen molar-refractivity contribution in [3.05, 3.63) is 35.9 Å². The molecule has 0 bridgehead atoms. The van der Waals surface area contributed by atoms with Gasteiger partial charge in [0.05, 0.1) is 24.8 Å². The number of hydrogen-bond donors (Lipinski definition) is 3. The maximum Gasteiger partial charge on any atom is 0.234 e. The minimum Gasteiger partial charge on any atom is -0.389 e. The van der Waals surface area contributed by atoms with E-state index in [2.05, 4.69) is 5.32 Å². The Morgan fingerprint density at radius 1 is 1.32 bits per heavy atom. The van der Waals surface area contributed by atoms with Crippen molar-refractivity contribution in [2.75, 3.05) is 19.6 Å². The first-order chi connectivity index (χ1) is 9.06. The van der Waals surface area contributed by atoms with E-state index in [9.17, 15) is 15.0 Å². The molecule has 0 aliphatic carbocycles. The zero-order valence-corrected chi connectivity index (χ0v) is 11.0. The van der Waals surface area contributed by atoms with Crippen molar-refractivity contribution < 1.29 is 15.0 Å². The lowest BCUT2D eigenvalue weighted by Crippen LogP contribution is -2.37. The summed E-state index contributed by atoms with van der Waals surface area (Å²) < 4.78 is 0. The van der Waals surface area contributed by atoms with Gasteiger partial charge in [-0.2, -0.15) is 0 Å². The van der Waals surface area contributed by atoms with E-state index in [0.717, 1.165) is 5.56 Å². The highest BCUT2D eigenvalue weighted by atomic mass is 16.3. The molecule has 19 heavy (non-hydrogen) atoms. The second-order valence-corrected chi connectivity index (χ2v) is 5.03. The predicted octanol–water partition coefficient (Wildman–Crippen LogP) is -0.0988. The van der Waals surface area contributed by atoms with Gasteiger partial charge in [0.15, 0.2) is 0 Å². The van der Waals surface area contributed by atoms with Gasteiger partial charge in [-0.05, 0) is 12.5 Å². The molecule has 3 unspecified atom stereocenters.